The number of aryl methyl sites for hydroxylation is 1. The van der Waals surface area contributed by atoms with Gasteiger partial charge in [-0.05, 0) is 24.1 Å². The number of benzene rings is 1. The number of H-pyrrole nitrogens is 1. The fourth-order valence-electron chi connectivity index (χ4n) is 2.02. The van der Waals surface area contributed by atoms with Gasteiger partial charge < -0.3 is 5.32 Å². The van der Waals surface area contributed by atoms with Crippen LogP contribution in [0.4, 0.5) is 5.69 Å². The van der Waals surface area contributed by atoms with Gasteiger partial charge in [-0.3, -0.25) is 10.1 Å². The highest BCUT2D eigenvalue weighted by Gasteiger charge is 2.03. The molecule has 0 bridgehead atoms. The molecule has 0 atom stereocenters. The van der Waals surface area contributed by atoms with Crippen molar-refractivity contribution < 1.29 is 0 Å². The zero-order chi connectivity index (χ0) is 12.4. The standard InChI is InChI=1S/C14H14N4/c1-10-5-6-15-9-13(10)16-7-11-3-2-4-12-8-17-18-14(11)12/h2-6,8-9,16H,7H2,1H3,(H,17,18). The molecule has 3 rings (SSSR count). The Morgan fingerprint density at radius 3 is 3.06 bits per heavy atom. The number of aromatic nitrogens is 3. The lowest BCUT2D eigenvalue weighted by atomic mass is 10.1. The van der Waals surface area contributed by atoms with Gasteiger partial charge in [0, 0.05) is 18.1 Å². The van der Waals surface area contributed by atoms with Gasteiger partial charge in [0.1, 0.15) is 0 Å². The van der Waals surface area contributed by atoms with E-state index < -0.39 is 0 Å². The molecule has 18 heavy (non-hydrogen) atoms. The molecule has 0 fully saturated rings. The van der Waals surface area contributed by atoms with Crippen LogP contribution in [0.15, 0.2) is 42.9 Å². The van der Waals surface area contributed by atoms with Crippen molar-refractivity contribution in [1.82, 2.24) is 15.2 Å². The van der Waals surface area contributed by atoms with Crippen LogP contribution in [0, 0.1) is 6.92 Å². The first-order valence-corrected chi connectivity index (χ1v) is 5.90. The average molecular weight is 238 g/mol. The van der Waals surface area contributed by atoms with Crippen LogP contribution in [0.5, 0.6) is 0 Å². The summed E-state index contributed by atoms with van der Waals surface area (Å²) in [4.78, 5) is 4.13. The summed E-state index contributed by atoms with van der Waals surface area (Å²) in [6.45, 7) is 2.83. The summed E-state index contributed by atoms with van der Waals surface area (Å²) < 4.78 is 0. The first kappa shape index (κ1) is 10.8. The molecule has 90 valence electrons. The van der Waals surface area contributed by atoms with E-state index in [0.717, 1.165) is 23.1 Å². The minimum Gasteiger partial charge on any atom is -0.379 e. The smallest absolute Gasteiger partial charge is 0.0700 e. The third-order valence-corrected chi connectivity index (χ3v) is 3.07. The number of rotatable bonds is 3. The van der Waals surface area contributed by atoms with Gasteiger partial charge in [-0.2, -0.15) is 5.10 Å². The van der Waals surface area contributed by atoms with Crippen molar-refractivity contribution in [1.29, 1.82) is 0 Å². The lowest BCUT2D eigenvalue weighted by Crippen LogP contribution is -2.02. The number of fused-ring (bicyclic) bond motifs is 1. The summed E-state index contributed by atoms with van der Waals surface area (Å²) in [6.07, 6.45) is 5.49. The first-order chi connectivity index (χ1) is 8.84. The van der Waals surface area contributed by atoms with Crippen molar-refractivity contribution in [2.75, 3.05) is 5.32 Å². The van der Waals surface area contributed by atoms with Gasteiger partial charge in [0.15, 0.2) is 0 Å². The molecule has 1 aromatic carbocycles. The maximum Gasteiger partial charge on any atom is 0.0700 e. The second-order valence-corrected chi connectivity index (χ2v) is 4.30. The molecule has 2 N–H and O–H groups in total. The van der Waals surface area contributed by atoms with Crippen LogP contribution in [0.25, 0.3) is 10.9 Å². The molecule has 0 spiro atoms. The summed E-state index contributed by atoms with van der Waals surface area (Å²) in [6, 6.07) is 8.20. The summed E-state index contributed by atoms with van der Waals surface area (Å²) in [5.74, 6) is 0. The van der Waals surface area contributed by atoms with Crippen LogP contribution in [-0.4, -0.2) is 15.2 Å². The Morgan fingerprint density at radius 1 is 1.22 bits per heavy atom. The molecule has 0 saturated carbocycles. The van der Waals surface area contributed by atoms with Gasteiger partial charge in [-0.1, -0.05) is 18.2 Å². The molecule has 0 unspecified atom stereocenters. The normalized spacial score (nSPS) is 10.7. The number of pyridine rings is 1. The summed E-state index contributed by atoms with van der Waals surface area (Å²) in [5.41, 5.74) is 4.55. The van der Waals surface area contributed by atoms with E-state index in [-0.39, 0.29) is 0 Å². The van der Waals surface area contributed by atoms with Crippen LogP contribution in [0.1, 0.15) is 11.1 Å². The Morgan fingerprint density at radius 2 is 2.17 bits per heavy atom. The Labute approximate surface area is 105 Å². The number of nitrogens with one attached hydrogen (secondary N) is 2. The van der Waals surface area contributed by atoms with Gasteiger partial charge in [-0.15, -0.1) is 0 Å². The number of aromatic amines is 1. The second-order valence-electron chi connectivity index (χ2n) is 4.30. The van der Waals surface area contributed by atoms with Crippen LogP contribution in [-0.2, 0) is 6.54 Å². The Hall–Kier alpha value is -2.36. The lowest BCUT2D eigenvalue weighted by Gasteiger charge is -2.09. The van der Waals surface area contributed by atoms with Gasteiger partial charge in [0.2, 0.25) is 0 Å². The van der Waals surface area contributed by atoms with Crippen molar-refractivity contribution in [3.05, 3.63) is 54.0 Å². The third kappa shape index (κ3) is 1.93. The third-order valence-electron chi connectivity index (χ3n) is 3.07. The highest BCUT2D eigenvalue weighted by molar-refractivity contribution is 5.81. The summed E-state index contributed by atoms with van der Waals surface area (Å²) in [7, 11) is 0. The van der Waals surface area contributed by atoms with E-state index in [0.29, 0.717) is 0 Å². The van der Waals surface area contributed by atoms with E-state index in [1.54, 1.807) is 6.20 Å². The fraction of sp³-hybridized carbons (Fsp3) is 0.143. The largest absolute Gasteiger partial charge is 0.379 e. The van der Waals surface area contributed by atoms with Crippen molar-refractivity contribution >= 4 is 16.6 Å². The molecular weight excluding hydrogens is 224 g/mol. The van der Waals surface area contributed by atoms with Crippen molar-refractivity contribution in [2.24, 2.45) is 0 Å². The minimum atomic E-state index is 0.756. The van der Waals surface area contributed by atoms with Crippen molar-refractivity contribution in [3.8, 4) is 0 Å². The van der Waals surface area contributed by atoms with E-state index in [2.05, 4.69) is 39.6 Å². The van der Waals surface area contributed by atoms with Crippen molar-refractivity contribution in [3.63, 3.8) is 0 Å². The maximum atomic E-state index is 4.13. The topological polar surface area (TPSA) is 53.6 Å². The minimum absolute atomic E-state index is 0.756. The zero-order valence-electron chi connectivity index (χ0n) is 10.1. The maximum absolute atomic E-state index is 4.13. The molecular formula is C14H14N4. The molecule has 0 amide bonds. The number of nitrogens with zero attached hydrogens (tertiary/aromatic N) is 2. The number of hydrogen-bond donors (Lipinski definition) is 2. The highest BCUT2D eigenvalue weighted by Crippen LogP contribution is 2.18. The monoisotopic (exact) mass is 238 g/mol. The van der Waals surface area contributed by atoms with Crippen molar-refractivity contribution in [2.45, 2.75) is 13.5 Å². The molecule has 3 aromatic rings. The second kappa shape index (κ2) is 4.49. The number of hydrogen-bond acceptors (Lipinski definition) is 3. The highest BCUT2D eigenvalue weighted by atomic mass is 15.1. The Kier molecular flexibility index (Phi) is 2.68. The quantitative estimate of drug-likeness (QED) is 0.737. The van der Waals surface area contributed by atoms with Crippen LogP contribution < -0.4 is 5.32 Å². The van der Waals surface area contributed by atoms with E-state index >= 15 is 0 Å². The van der Waals surface area contributed by atoms with Gasteiger partial charge in [-0.25, -0.2) is 0 Å². The average Bonchev–Trinajstić information content (AvgIpc) is 2.86. The van der Waals surface area contributed by atoms with Gasteiger partial charge in [0.05, 0.1) is 23.6 Å². The van der Waals surface area contributed by atoms with E-state index in [1.165, 1.54) is 11.1 Å². The van der Waals surface area contributed by atoms with Gasteiger partial charge >= 0.3 is 0 Å². The molecule has 0 saturated heterocycles. The van der Waals surface area contributed by atoms with E-state index in [4.69, 9.17) is 0 Å². The molecule has 0 aliphatic rings. The predicted octanol–water partition coefficient (Wildman–Crippen LogP) is 2.88. The molecule has 2 aromatic heterocycles. The van der Waals surface area contributed by atoms with Crippen LogP contribution in [0.2, 0.25) is 0 Å². The SMILES string of the molecule is Cc1ccncc1NCc1cccc2cn[nH]c12. The summed E-state index contributed by atoms with van der Waals surface area (Å²) >= 11 is 0. The van der Waals surface area contributed by atoms with Crippen LogP contribution in [0.3, 0.4) is 0 Å². The molecule has 2 heterocycles. The molecule has 4 nitrogen and oxygen atoms in total. The molecule has 0 aliphatic carbocycles. The Balaban J connectivity index is 1.85. The summed E-state index contributed by atoms with van der Waals surface area (Å²) in [5, 5.41) is 11.6. The zero-order valence-corrected chi connectivity index (χ0v) is 10.1. The fourth-order valence-corrected chi connectivity index (χ4v) is 2.02. The molecule has 0 radical (unpaired) electrons. The molecule has 4 heteroatoms. The van der Waals surface area contributed by atoms with E-state index in [1.807, 2.05) is 24.5 Å². The molecule has 0 aliphatic heterocycles. The Bertz CT molecular complexity index is 672. The number of anilines is 1. The lowest BCUT2D eigenvalue weighted by molar-refractivity contribution is 1.09. The van der Waals surface area contributed by atoms with Crippen LogP contribution >= 0.6 is 0 Å². The van der Waals surface area contributed by atoms with Gasteiger partial charge in [0.25, 0.3) is 0 Å². The predicted molar refractivity (Wildman–Crippen MR) is 72.4 cm³/mol. The first-order valence-electron chi connectivity index (χ1n) is 5.90. The number of para-hydroxylation sites is 1. The van der Waals surface area contributed by atoms with E-state index in [9.17, 15) is 0 Å².